The number of anilines is 1. The summed E-state index contributed by atoms with van der Waals surface area (Å²) in [6, 6.07) is 16.1. The van der Waals surface area contributed by atoms with Crippen LogP contribution in [-0.4, -0.2) is 13.7 Å². The molecule has 112 valence electrons. The van der Waals surface area contributed by atoms with Gasteiger partial charge in [-0.2, -0.15) is 0 Å². The van der Waals surface area contributed by atoms with Gasteiger partial charge in [0.05, 0.1) is 13.7 Å². The molecule has 3 nitrogen and oxygen atoms in total. The van der Waals surface area contributed by atoms with Gasteiger partial charge in [-0.25, -0.2) is 0 Å². The minimum Gasteiger partial charge on any atom is -0.497 e. The van der Waals surface area contributed by atoms with Gasteiger partial charge >= 0.3 is 0 Å². The zero-order valence-corrected chi connectivity index (χ0v) is 12.9. The molecule has 2 aromatic rings. The molecule has 0 spiro atoms. The van der Waals surface area contributed by atoms with E-state index in [1.54, 1.807) is 7.11 Å². The summed E-state index contributed by atoms with van der Waals surface area (Å²) in [5.74, 6) is 2.31. The average molecular weight is 285 g/mol. The van der Waals surface area contributed by atoms with Crippen LogP contribution in [0.3, 0.4) is 0 Å². The van der Waals surface area contributed by atoms with Crippen LogP contribution in [0.2, 0.25) is 0 Å². The van der Waals surface area contributed by atoms with E-state index in [-0.39, 0.29) is 0 Å². The largest absolute Gasteiger partial charge is 0.497 e. The fourth-order valence-corrected chi connectivity index (χ4v) is 1.95. The van der Waals surface area contributed by atoms with Crippen molar-refractivity contribution in [1.82, 2.24) is 0 Å². The monoisotopic (exact) mass is 285 g/mol. The second-order valence-electron chi connectivity index (χ2n) is 5.44. The van der Waals surface area contributed by atoms with Crippen LogP contribution in [0.1, 0.15) is 19.4 Å². The lowest BCUT2D eigenvalue weighted by molar-refractivity contribution is 0.271. The van der Waals surface area contributed by atoms with Crippen LogP contribution in [0.15, 0.2) is 48.5 Å². The van der Waals surface area contributed by atoms with Crippen molar-refractivity contribution in [3.8, 4) is 11.5 Å². The molecule has 2 aromatic carbocycles. The van der Waals surface area contributed by atoms with Crippen molar-refractivity contribution < 1.29 is 9.47 Å². The lowest BCUT2D eigenvalue weighted by Gasteiger charge is -2.11. The van der Waals surface area contributed by atoms with E-state index < -0.39 is 0 Å². The van der Waals surface area contributed by atoms with Crippen molar-refractivity contribution in [3.63, 3.8) is 0 Å². The molecule has 0 aliphatic heterocycles. The highest BCUT2D eigenvalue weighted by molar-refractivity contribution is 5.48. The number of nitrogens with one attached hydrogen (secondary N) is 1. The van der Waals surface area contributed by atoms with Crippen molar-refractivity contribution in [2.24, 2.45) is 5.92 Å². The summed E-state index contributed by atoms with van der Waals surface area (Å²) in [7, 11) is 1.68. The Balaban J connectivity index is 1.94. The molecule has 0 aromatic heterocycles. The van der Waals surface area contributed by atoms with Gasteiger partial charge in [0.25, 0.3) is 0 Å². The Morgan fingerprint density at radius 2 is 1.76 bits per heavy atom. The maximum Gasteiger partial charge on any atom is 0.121 e. The second kappa shape index (κ2) is 7.58. The molecule has 2 rings (SSSR count). The topological polar surface area (TPSA) is 30.5 Å². The van der Waals surface area contributed by atoms with Gasteiger partial charge in [-0.1, -0.05) is 32.0 Å². The summed E-state index contributed by atoms with van der Waals surface area (Å²) in [4.78, 5) is 0. The zero-order valence-electron chi connectivity index (χ0n) is 12.9. The number of hydrogen-bond donors (Lipinski definition) is 1. The highest BCUT2D eigenvalue weighted by Crippen LogP contribution is 2.19. The maximum atomic E-state index is 5.74. The fraction of sp³-hybridized carbons (Fsp3) is 0.333. The van der Waals surface area contributed by atoms with E-state index in [0.717, 1.165) is 30.3 Å². The first kappa shape index (κ1) is 15.2. The van der Waals surface area contributed by atoms with E-state index in [4.69, 9.17) is 9.47 Å². The number of hydrogen-bond acceptors (Lipinski definition) is 3. The van der Waals surface area contributed by atoms with E-state index in [0.29, 0.717) is 5.92 Å². The lowest BCUT2D eigenvalue weighted by Crippen LogP contribution is -2.05. The summed E-state index contributed by atoms with van der Waals surface area (Å²) < 4.78 is 11.0. The number of rotatable bonds is 7. The smallest absolute Gasteiger partial charge is 0.121 e. The van der Waals surface area contributed by atoms with Crippen molar-refractivity contribution in [1.29, 1.82) is 0 Å². The molecule has 0 bridgehead atoms. The zero-order chi connectivity index (χ0) is 15.1. The standard InChI is InChI=1S/C18H23NO2/c1-14(2)13-21-18-9-5-7-16(11-18)19-12-15-6-4-8-17(10-15)20-3/h4-11,14,19H,12-13H2,1-3H3. The lowest BCUT2D eigenvalue weighted by atomic mass is 10.2. The molecule has 0 saturated carbocycles. The first-order valence-corrected chi connectivity index (χ1v) is 7.27. The van der Waals surface area contributed by atoms with Gasteiger partial charge in [0.1, 0.15) is 11.5 Å². The van der Waals surface area contributed by atoms with E-state index in [9.17, 15) is 0 Å². The average Bonchev–Trinajstić information content (AvgIpc) is 2.51. The molecule has 0 fully saturated rings. The van der Waals surface area contributed by atoms with E-state index in [2.05, 4.69) is 25.2 Å². The van der Waals surface area contributed by atoms with Gasteiger partial charge in [0.15, 0.2) is 0 Å². The third-order valence-electron chi connectivity index (χ3n) is 3.05. The SMILES string of the molecule is COc1cccc(CNc2cccc(OCC(C)C)c2)c1. The normalized spacial score (nSPS) is 10.5. The molecule has 0 heterocycles. The molecular formula is C18H23NO2. The minimum absolute atomic E-state index is 0.526. The first-order chi connectivity index (χ1) is 10.2. The molecule has 0 amide bonds. The third kappa shape index (κ3) is 5.03. The Morgan fingerprint density at radius 3 is 2.52 bits per heavy atom. The van der Waals surface area contributed by atoms with Crippen molar-refractivity contribution in [2.75, 3.05) is 19.0 Å². The van der Waals surface area contributed by atoms with E-state index in [1.807, 2.05) is 42.5 Å². The van der Waals surface area contributed by atoms with Crippen molar-refractivity contribution in [3.05, 3.63) is 54.1 Å². The van der Waals surface area contributed by atoms with E-state index >= 15 is 0 Å². The molecule has 0 saturated heterocycles. The summed E-state index contributed by atoms with van der Waals surface area (Å²) in [5.41, 5.74) is 2.24. The summed E-state index contributed by atoms with van der Waals surface area (Å²) in [5, 5.41) is 3.40. The summed E-state index contributed by atoms with van der Waals surface area (Å²) in [6.07, 6.45) is 0. The quantitative estimate of drug-likeness (QED) is 0.820. The highest BCUT2D eigenvalue weighted by atomic mass is 16.5. The number of methoxy groups -OCH3 is 1. The molecule has 0 aliphatic rings. The number of benzene rings is 2. The van der Waals surface area contributed by atoms with Crippen molar-refractivity contribution >= 4 is 5.69 Å². The van der Waals surface area contributed by atoms with Gasteiger partial charge in [-0.3, -0.25) is 0 Å². The molecule has 0 unspecified atom stereocenters. The Morgan fingerprint density at radius 1 is 1.00 bits per heavy atom. The highest BCUT2D eigenvalue weighted by Gasteiger charge is 2.00. The number of ether oxygens (including phenoxy) is 2. The van der Waals surface area contributed by atoms with Gasteiger partial charge in [0.2, 0.25) is 0 Å². The predicted octanol–water partition coefficient (Wildman–Crippen LogP) is 4.34. The minimum atomic E-state index is 0.526. The van der Waals surface area contributed by atoms with Crippen molar-refractivity contribution in [2.45, 2.75) is 20.4 Å². The Kier molecular flexibility index (Phi) is 5.50. The second-order valence-corrected chi connectivity index (χ2v) is 5.44. The predicted molar refractivity (Wildman–Crippen MR) is 87.1 cm³/mol. The molecule has 0 radical (unpaired) electrons. The Labute approximate surface area is 126 Å². The third-order valence-corrected chi connectivity index (χ3v) is 3.05. The van der Waals surface area contributed by atoms with E-state index in [1.165, 1.54) is 5.56 Å². The van der Waals surface area contributed by atoms with Gasteiger partial charge < -0.3 is 14.8 Å². The van der Waals surface area contributed by atoms with Gasteiger partial charge in [0, 0.05) is 18.3 Å². The Bertz CT molecular complexity index is 567. The summed E-state index contributed by atoms with van der Waals surface area (Å²) >= 11 is 0. The van der Waals surface area contributed by atoms with Crippen LogP contribution >= 0.6 is 0 Å². The fourth-order valence-electron chi connectivity index (χ4n) is 1.95. The van der Waals surface area contributed by atoms with Crippen LogP contribution in [0, 0.1) is 5.92 Å². The van der Waals surface area contributed by atoms with Gasteiger partial charge in [-0.05, 0) is 35.7 Å². The molecule has 0 aliphatic carbocycles. The molecule has 0 atom stereocenters. The van der Waals surface area contributed by atoms with Crippen LogP contribution in [0.25, 0.3) is 0 Å². The molecule has 3 heteroatoms. The first-order valence-electron chi connectivity index (χ1n) is 7.27. The molecule has 21 heavy (non-hydrogen) atoms. The molecule has 1 N–H and O–H groups in total. The van der Waals surface area contributed by atoms with Crippen LogP contribution in [0.4, 0.5) is 5.69 Å². The summed E-state index contributed by atoms with van der Waals surface area (Å²) in [6.45, 7) is 5.78. The van der Waals surface area contributed by atoms with Crippen LogP contribution in [-0.2, 0) is 6.54 Å². The molecular weight excluding hydrogens is 262 g/mol. The Hall–Kier alpha value is -2.16. The van der Waals surface area contributed by atoms with Crippen LogP contribution in [0.5, 0.6) is 11.5 Å². The van der Waals surface area contributed by atoms with Crippen LogP contribution < -0.4 is 14.8 Å². The van der Waals surface area contributed by atoms with Gasteiger partial charge in [-0.15, -0.1) is 0 Å². The maximum absolute atomic E-state index is 5.74.